The zero-order chi connectivity index (χ0) is 13.9. The lowest BCUT2D eigenvalue weighted by atomic mass is 9.77. The molecule has 0 aromatic carbocycles. The van der Waals surface area contributed by atoms with E-state index >= 15 is 0 Å². The molecule has 1 N–H and O–H groups in total. The summed E-state index contributed by atoms with van der Waals surface area (Å²) in [7, 11) is 0. The SMILES string of the molecule is CC(C)NC(C)(C)CCC(C)(C)CC(C)(C)I. The Morgan fingerprint density at radius 1 is 0.941 bits per heavy atom. The molecule has 0 spiro atoms. The Bertz CT molecular complexity index is 224. The smallest absolute Gasteiger partial charge is 0.0171 e. The molecule has 0 atom stereocenters. The summed E-state index contributed by atoms with van der Waals surface area (Å²) in [4.78, 5) is 0. The highest BCUT2D eigenvalue weighted by molar-refractivity contribution is 14.1. The van der Waals surface area contributed by atoms with Crippen molar-refractivity contribution in [2.45, 2.75) is 89.7 Å². The number of hydrogen-bond donors (Lipinski definition) is 1. The van der Waals surface area contributed by atoms with E-state index in [1.807, 2.05) is 0 Å². The second kappa shape index (κ2) is 6.23. The molecule has 0 bridgehead atoms. The summed E-state index contributed by atoms with van der Waals surface area (Å²) in [6, 6.07) is 0.564. The van der Waals surface area contributed by atoms with Crippen LogP contribution in [0.1, 0.15) is 74.7 Å². The molecular formula is C15H32IN. The van der Waals surface area contributed by atoms with E-state index in [-0.39, 0.29) is 5.54 Å². The van der Waals surface area contributed by atoms with Crippen LogP contribution in [0.3, 0.4) is 0 Å². The van der Waals surface area contributed by atoms with Crippen LogP contribution < -0.4 is 5.32 Å². The van der Waals surface area contributed by atoms with Crippen LogP contribution in [0.2, 0.25) is 0 Å². The monoisotopic (exact) mass is 353 g/mol. The molecular weight excluding hydrogens is 321 g/mol. The standard InChI is InChI=1S/C15H32IN/c1-12(2)17-15(7,8)10-9-13(3,4)11-14(5,6)16/h12,17H,9-11H2,1-8H3. The van der Waals surface area contributed by atoms with Gasteiger partial charge in [-0.15, -0.1) is 0 Å². The Morgan fingerprint density at radius 2 is 1.41 bits per heavy atom. The van der Waals surface area contributed by atoms with Crippen LogP contribution in [-0.2, 0) is 0 Å². The summed E-state index contributed by atoms with van der Waals surface area (Å²) in [5.41, 5.74) is 0.682. The lowest BCUT2D eigenvalue weighted by Gasteiger charge is -2.36. The predicted octanol–water partition coefficient (Wildman–Crippen LogP) is 5.17. The van der Waals surface area contributed by atoms with E-state index in [1.165, 1.54) is 19.3 Å². The van der Waals surface area contributed by atoms with E-state index in [4.69, 9.17) is 0 Å². The number of halogens is 1. The van der Waals surface area contributed by atoms with Crippen LogP contribution >= 0.6 is 22.6 Å². The highest BCUT2D eigenvalue weighted by Gasteiger charge is 2.29. The first-order valence-electron chi connectivity index (χ1n) is 6.80. The number of nitrogens with one attached hydrogen (secondary N) is 1. The van der Waals surface area contributed by atoms with Crippen molar-refractivity contribution in [1.29, 1.82) is 0 Å². The first-order chi connectivity index (χ1) is 7.33. The minimum atomic E-state index is 0.251. The maximum Gasteiger partial charge on any atom is 0.0171 e. The molecule has 2 heteroatoms. The third-order valence-electron chi connectivity index (χ3n) is 3.01. The average molecular weight is 353 g/mol. The maximum atomic E-state index is 3.65. The van der Waals surface area contributed by atoms with Crippen LogP contribution in [0, 0.1) is 5.41 Å². The second-order valence-corrected chi connectivity index (χ2v) is 10.7. The van der Waals surface area contributed by atoms with Gasteiger partial charge in [0.15, 0.2) is 0 Å². The second-order valence-electron chi connectivity index (χ2n) is 7.74. The minimum Gasteiger partial charge on any atom is -0.310 e. The summed E-state index contributed by atoms with van der Waals surface area (Å²) < 4.78 is 0.400. The molecule has 0 unspecified atom stereocenters. The first kappa shape index (κ1) is 17.7. The Hall–Kier alpha value is 0.690. The summed E-state index contributed by atoms with van der Waals surface area (Å²) in [5, 5.41) is 3.65. The van der Waals surface area contributed by atoms with Crippen LogP contribution in [-0.4, -0.2) is 15.0 Å². The zero-order valence-corrected chi connectivity index (χ0v) is 15.2. The molecule has 0 aliphatic carbocycles. The third kappa shape index (κ3) is 10.3. The quantitative estimate of drug-likeness (QED) is 0.492. The van der Waals surface area contributed by atoms with Crippen LogP contribution in [0.15, 0.2) is 0 Å². The molecule has 0 aromatic heterocycles. The number of rotatable bonds is 7. The van der Waals surface area contributed by atoms with Gasteiger partial charge in [-0.25, -0.2) is 0 Å². The van der Waals surface area contributed by atoms with Crippen molar-refractivity contribution in [2.24, 2.45) is 5.41 Å². The molecule has 0 saturated heterocycles. The van der Waals surface area contributed by atoms with Crippen molar-refractivity contribution < 1.29 is 0 Å². The molecule has 0 aliphatic rings. The molecule has 0 aliphatic heterocycles. The van der Waals surface area contributed by atoms with Crippen LogP contribution in [0.4, 0.5) is 0 Å². The van der Waals surface area contributed by atoms with Crippen LogP contribution in [0.5, 0.6) is 0 Å². The fourth-order valence-electron chi connectivity index (χ4n) is 2.73. The number of hydrogen-bond acceptors (Lipinski definition) is 1. The van der Waals surface area contributed by atoms with E-state index in [0.717, 1.165) is 0 Å². The molecule has 0 fully saturated rings. The van der Waals surface area contributed by atoms with Gasteiger partial charge in [-0.3, -0.25) is 0 Å². The predicted molar refractivity (Wildman–Crippen MR) is 88.1 cm³/mol. The fourth-order valence-corrected chi connectivity index (χ4v) is 3.76. The van der Waals surface area contributed by atoms with Crippen LogP contribution in [0.25, 0.3) is 0 Å². The minimum absolute atomic E-state index is 0.251. The van der Waals surface area contributed by atoms with Gasteiger partial charge in [0.25, 0.3) is 0 Å². The Labute approximate surface area is 123 Å². The van der Waals surface area contributed by atoms with Gasteiger partial charge in [0, 0.05) is 15.0 Å². The summed E-state index contributed by atoms with van der Waals surface area (Å²) in [6.45, 7) is 18.5. The first-order valence-corrected chi connectivity index (χ1v) is 7.88. The van der Waals surface area contributed by atoms with Crippen molar-refractivity contribution in [3.8, 4) is 0 Å². The molecule has 104 valence electrons. The Morgan fingerprint density at radius 3 is 1.76 bits per heavy atom. The Kier molecular flexibility index (Phi) is 6.48. The fraction of sp³-hybridized carbons (Fsp3) is 1.00. The van der Waals surface area contributed by atoms with E-state index in [1.54, 1.807) is 0 Å². The van der Waals surface area contributed by atoms with E-state index in [2.05, 4.69) is 83.3 Å². The topological polar surface area (TPSA) is 12.0 Å². The van der Waals surface area contributed by atoms with Gasteiger partial charge in [-0.1, -0.05) is 64.1 Å². The molecule has 0 saturated carbocycles. The molecule has 0 aromatic rings. The zero-order valence-electron chi connectivity index (χ0n) is 13.1. The Balaban J connectivity index is 4.26. The molecule has 0 radical (unpaired) electrons. The highest BCUT2D eigenvalue weighted by atomic mass is 127. The van der Waals surface area contributed by atoms with Gasteiger partial charge in [-0.2, -0.15) is 0 Å². The van der Waals surface area contributed by atoms with Crippen molar-refractivity contribution in [1.82, 2.24) is 5.32 Å². The summed E-state index contributed by atoms with van der Waals surface area (Å²) in [6.07, 6.45) is 3.80. The van der Waals surface area contributed by atoms with Gasteiger partial charge in [0.1, 0.15) is 0 Å². The van der Waals surface area contributed by atoms with E-state index in [0.29, 0.717) is 14.9 Å². The third-order valence-corrected chi connectivity index (χ3v) is 3.39. The number of alkyl halides is 1. The van der Waals surface area contributed by atoms with Gasteiger partial charge in [-0.05, 0) is 38.5 Å². The molecule has 0 heterocycles. The summed E-state index contributed by atoms with van der Waals surface area (Å²) in [5.74, 6) is 0. The summed E-state index contributed by atoms with van der Waals surface area (Å²) >= 11 is 2.57. The van der Waals surface area contributed by atoms with Crippen molar-refractivity contribution in [3.05, 3.63) is 0 Å². The van der Waals surface area contributed by atoms with Gasteiger partial charge in [0.05, 0.1) is 0 Å². The lowest BCUT2D eigenvalue weighted by molar-refractivity contribution is 0.227. The molecule has 0 amide bonds. The van der Waals surface area contributed by atoms with Crippen molar-refractivity contribution in [2.75, 3.05) is 0 Å². The van der Waals surface area contributed by atoms with Gasteiger partial charge in [0.2, 0.25) is 0 Å². The molecule has 17 heavy (non-hydrogen) atoms. The van der Waals surface area contributed by atoms with E-state index in [9.17, 15) is 0 Å². The average Bonchev–Trinajstić information content (AvgIpc) is 1.94. The molecule has 1 nitrogen and oxygen atoms in total. The van der Waals surface area contributed by atoms with Crippen molar-refractivity contribution >= 4 is 22.6 Å². The highest BCUT2D eigenvalue weighted by Crippen LogP contribution is 2.38. The van der Waals surface area contributed by atoms with Gasteiger partial charge < -0.3 is 5.32 Å². The largest absolute Gasteiger partial charge is 0.310 e. The maximum absolute atomic E-state index is 3.65. The van der Waals surface area contributed by atoms with E-state index < -0.39 is 0 Å². The molecule has 0 rings (SSSR count). The van der Waals surface area contributed by atoms with Gasteiger partial charge >= 0.3 is 0 Å². The normalized spacial score (nSPS) is 14.5. The lowest BCUT2D eigenvalue weighted by Crippen LogP contribution is -2.44. The van der Waals surface area contributed by atoms with Crippen molar-refractivity contribution in [3.63, 3.8) is 0 Å².